The van der Waals surface area contributed by atoms with E-state index in [9.17, 15) is 9.59 Å². The number of carboxylic acids is 1. The molecule has 1 aliphatic rings. The lowest BCUT2D eigenvalue weighted by Gasteiger charge is -2.15. The molecule has 1 fully saturated rings. The summed E-state index contributed by atoms with van der Waals surface area (Å²) in [6.45, 7) is 1.07. The number of nitrogens with zero attached hydrogens (tertiary/aromatic N) is 3. The fourth-order valence-corrected chi connectivity index (χ4v) is 4.42. The monoisotopic (exact) mass is 461 g/mol. The first kappa shape index (κ1) is 22.6. The predicted octanol–water partition coefficient (Wildman–Crippen LogP) is 4.82. The number of carbonyl (C=O) groups is 2. The highest BCUT2D eigenvalue weighted by Gasteiger charge is 2.33. The highest BCUT2D eigenvalue weighted by Crippen LogP contribution is 2.34. The molecule has 3 aromatic rings. The van der Waals surface area contributed by atoms with E-state index in [-0.39, 0.29) is 11.5 Å². The van der Waals surface area contributed by atoms with Gasteiger partial charge in [0.2, 0.25) is 0 Å². The smallest absolute Gasteiger partial charge is 0.335 e. The zero-order chi connectivity index (χ0) is 23.2. The number of carboxylic acid groups (broad SMARTS) is 1. The molecule has 1 aromatic heterocycles. The number of hydrogen-bond donors (Lipinski definition) is 1. The lowest BCUT2D eigenvalue weighted by molar-refractivity contribution is -0.122. The van der Waals surface area contributed by atoms with Crippen molar-refractivity contribution in [2.24, 2.45) is 4.99 Å². The molecule has 0 bridgehead atoms. The van der Waals surface area contributed by atoms with Crippen LogP contribution in [-0.4, -0.2) is 51.9 Å². The maximum Gasteiger partial charge on any atom is 0.335 e. The molecule has 1 N–H and O–H groups in total. The second kappa shape index (κ2) is 10.3. The Morgan fingerprint density at radius 2 is 1.85 bits per heavy atom. The van der Waals surface area contributed by atoms with Gasteiger partial charge in [-0.05, 0) is 72.8 Å². The Labute approximate surface area is 196 Å². The molecule has 1 aliphatic heterocycles. The number of aliphatic imine (C=N–C) groups is 1. The number of ether oxygens (including phenoxy) is 1. The highest BCUT2D eigenvalue weighted by molar-refractivity contribution is 8.18. The fraction of sp³-hybridized carbons (Fsp3) is 0.160. The molecule has 1 amide bonds. The summed E-state index contributed by atoms with van der Waals surface area (Å²) >= 11 is 1.34. The summed E-state index contributed by atoms with van der Waals surface area (Å²) < 4.78 is 7.06. The maximum absolute atomic E-state index is 13.2. The van der Waals surface area contributed by atoms with Gasteiger partial charge in [-0.1, -0.05) is 18.2 Å². The van der Waals surface area contributed by atoms with Crippen molar-refractivity contribution in [1.82, 2.24) is 9.47 Å². The van der Waals surface area contributed by atoms with Crippen LogP contribution in [0.5, 0.6) is 0 Å². The Bertz CT molecular complexity index is 1200. The van der Waals surface area contributed by atoms with Crippen LogP contribution in [0.4, 0.5) is 5.69 Å². The Kier molecular flexibility index (Phi) is 7.07. The van der Waals surface area contributed by atoms with E-state index in [0.29, 0.717) is 29.6 Å². The van der Waals surface area contributed by atoms with Crippen LogP contribution in [0.15, 0.2) is 82.8 Å². The number of benzene rings is 2. The van der Waals surface area contributed by atoms with E-state index < -0.39 is 5.97 Å². The molecule has 0 spiro atoms. The first-order chi connectivity index (χ1) is 16.1. The molecule has 0 saturated carbocycles. The summed E-state index contributed by atoms with van der Waals surface area (Å²) in [7, 11) is 1.64. The number of thioether (sulfide) groups is 1. The van der Waals surface area contributed by atoms with Crippen molar-refractivity contribution in [3.8, 4) is 5.69 Å². The van der Waals surface area contributed by atoms with Crippen LogP contribution >= 0.6 is 11.8 Å². The number of hydrogen-bond acceptors (Lipinski definition) is 5. The van der Waals surface area contributed by atoms with Crippen LogP contribution in [0.2, 0.25) is 0 Å². The third kappa shape index (κ3) is 5.24. The van der Waals surface area contributed by atoms with Crippen molar-refractivity contribution in [2.75, 3.05) is 20.3 Å². The van der Waals surface area contributed by atoms with E-state index in [0.717, 1.165) is 17.1 Å². The second-order valence-corrected chi connectivity index (χ2v) is 8.31. The summed E-state index contributed by atoms with van der Waals surface area (Å²) in [5, 5.41) is 9.77. The van der Waals surface area contributed by atoms with Crippen LogP contribution in [0.1, 0.15) is 22.5 Å². The molecule has 2 heterocycles. The van der Waals surface area contributed by atoms with Crippen molar-refractivity contribution < 1.29 is 19.4 Å². The quantitative estimate of drug-likeness (QED) is 0.384. The minimum absolute atomic E-state index is 0.0974. The van der Waals surface area contributed by atoms with E-state index in [1.165, 1.54) is 11.8 Å². The second-order valence-electron chi connectivity index (χ2n) is 7.30. The number of aromatic nitrogens is 1. The molecule has 2 aromatic carbocycles. The van der Waals surface area contributed by atoms with E-state index in [4.69, 9.17) is 14.8 Å². The molecule has 0 atom stereocenters. The number of carbonyl (C=O) groups excluding carboxylic acids is 1. The van der Waals surface area contributed by atoms with Gasteiger partial charge in [-0.3, -0.25) is 9.69 Å². The van der Waals surface area contributed by atoms with Crippen LogP contribution in [-0.2, 0) is 9.53 Å². The fourth-order valence-electron chi connectivity index (χ4n) is 3.41. The Morgan fingerprint density at radius 1 is 1.09 bits per heavy atom. The molecule has 33 heavy (non-hydrogen) atoms. The molecule has 168 valence electrons. The molecule has 7 nitrogen and oxygen atoms in total. The van der Waals surface area contributed by atoms with Crippen LogP contribution in [0.25, 0.3) is 11.8 Å². The molecule has 8 heteroatoms. The summed E-state index contributed by atoms with van der Waals surface area (Å²) in [6, 6.07) is 20.0. The molecular weight excluding hydrogens is 438 g/mol. The average Bonchev–Trinajstić information content (AvgIpc) is 3.40. The summed E-state index contributed by atoms with van der Waals surface area (Å²) in [5.41, 5.74) is 2.63. The zero-order valence-corrected chi connectivity index (χ0v) is 18.9. The van der Waals surface area contributed by atoms with Crippen LogP contribution in [0, 0.1) is 0 Å². The Hall–Kier alpha value is -3.62. The molecule has 4 rings (SSSR count). The number of rotatable bonds is 8. The van der Waals surface area contributed by atoms with Crippen molar-refractivity contribution >= 4 is 40.6 Å². The van der Waals surface area contributed by atoms with Crippen molar-refractivity contribution in [3.63, 3.8) is 0 Å². The van der Waals surface area contributed by atoms with Gasteiger partial charge in [0, 0.05) is 37.8 Å². The largest absolute Gasteiger partial charge is 0.478 e. The van der Waals surface area contributed by atoms with Crippen LogP contribution < -0.4 is 0 Å². The number of para-hydroxylation sites is 1. The van der Waals surface area contributed by atoms with Gasteiger partial charge in [0.1, 0.15) is 0 Å². The zero-order valence-electron chi connectivity index (χ0n) is 18.0. The van der Waals surface area contributed by atoms with Gasteiger partial charge in [0.05, 0.1) is 16.2 Å². The summed E-state index contributed by atoms with van der Waals surface area (Å²) in [4.78, 5) is 31.3. The lowest BCUT2D eigenvalue weighted by Crippen LogP contribution is -2.30. The molecule has 1 saturated heterocycles. The number of methoxy groups -OCH3 is 1. The van der Waals surface area contributed by atoms with E-state index >= 15 is 0 Å². The van der Waals surface area contributed by atoms with Crippen LogP contribution in [0.3, 0.4) is 0 Å². The third-order valence-corrected chi connectivity index (χ3v) is 6.06. The van der Waals surface area contributed by atoms with Crippen molar-refractivity contribution in [1.29, 1.82) is 0 Å². The van der Waals surface area contributed by atoms with E-state index in [2.05, 4.69) is 0 Å². The molecule has 0 aliphatic carbocycles. The van der Waals surface area contributed by atoms with Gasteiger partial charge in [0.25, 0.3) is 5.91 Å². The average molecular weight is 462 g/mol. The predicted molar refractivity (Wildman–Crippen MR) is 130 cm³/mol. The third-order valence-electron chi connectivity index (χ3n) is 5.05. The number of aromatic carboxylic acids is 1. The molecular formula is C25H23N3O4S. The first-order valence-electron chi connectivity index (χ1n) is 10.4. The lowest BCUT2D eigenvalue weighted by atomic mass is 10.2. The van der Waals surface area contributed by atoms with E-state index in [1.807, 2.05) is 59.3 Å². The summed E-state index contributed by atoms with van der Waals surface area (Å²) in [6.07, 6.45) is 4.42. The first-order valence-corrected chi connectivity index (χ1v) is 11.2. The highest BCUT2D eigenvalue weighted by atomic mass is 32.2. The van der Waals surface area contributed by atoms with Crippen molar-refractivity contribution in [3.05, 3.63) is 89.1 Å². The topological polar surface area (TPSA) is 84.1 Å². The Morgan fingerprint density at radius 3 is 2.55 bits per heavy atom. The SMILES string of the molecule is COCCCN1C(=O)/C(=C/c2cccn2-c2ccc(C(=O)O)cc2)SC1=Nc1ccccc1. The van der Waals surface area contributed by atoms with Gasteiger partial charge in [-0.15, -0.1) is 0 Å². The van der Waals surface area contributed by atoms with Gasteiger partial charge >= 0.3 is 5.97 Å². The van der Waals surface area contributed by atoms with Gasteiger partial charge in [-0.2, -0.15) is 0 Å². The van der Waals surface area contributed by atoms with Crippen molar-refractivity contribution in [2.45, 2.75) is 6.42 Å². The minimum Gasteiger partial charge on any atom is -0.478 e. The van der Waals surface area contributed by atoms with Gasteiger partial charge < -0.3 is 14.4 Å². The molecule has 0 radical (unpaired) electrons. The number of amides is 1. The normalized spacial score (nSPS) is 16.2. The molecule has 0 unspecified atom stereocenters. The van der Waals surface area contributed by atoms with Gasteiger partial charge in [0.15, 0.2) is 5.17 Å². The van der Waals surface area contributed by atoms with E-state index in [1.54, 1.807) is 36.3 Å². The Balaban J connectivity index is 1.64. The maximum atomic E-state index is 13.2. The summed E-state index contributed by atoms with van der Waals surface area (Å²) in [5.74, 6) is -1.07. The number of amidine groups is 1. The minimum atomic E-state index is -0.969. The van der Waals surface area contributed by atoms with Gasteiger partial charge in [-0.25, -0.2) is 9.79 Å². The standard InChI is InChI=1S/C25H23N3O4S/c1-32-16-6-15-28-23(29)22(33-25(28)26-19-7-3-2-4-8-19)17-21-9-5-14-27(21)20-12-10-18(11-13-20)24(30)31/h2-5,7-14,17H,6,15-16H2,1H3,(H,30,31)/b22-17-,26-25?.